The van der Waals surface area contributed by atoms with Gasteiger partial charge in [0.2, 0.25) is 5.12 Å². The third kappa shape index (κ3) is 2.99. The minimum Gasteiger partial charge on any atom is -0.280 e. The monoisotopic (exact) mass is 321 g/mol. The van der Waals surface area contributed by atoms with E-state index >= 15 is 0 Å². The van der Waals surface area contributed by atoms with E-state index in [1.54, 1.807) is 4.68 Å². The summed E-state index contributed by atoms with van der Waals surface area (Å²) in [4.78, 5) is 12.5. The molecule has 1 aliphatic carbocycles. The zero-order valence-corrected chi connectivity index (χ0v) is 13.3. The molecule has 0 amide bonds. The van der Waals surface area contributed by atoms with Crippen molar-refractivity contribution in [2.45, 2.75) is 37.5 Å². The van der Waals surface area contributed by atoms with E-state index in [9.17, 15) is 4.79 Å². The molecular weight excluding hydrogens is 306 g/mol. The van der Waals surface area contributed by atoms with Gasteiger partial charge in [-0.25, -0.2) is 4.68 Å². The lowest BCUT2D eigenvalue weighted by atomic mass is 10.0. The SMILES string of the molecule is C[C@H](c1ccccc1)n1nnc(Cl)c1C(=O)SC1CCC1. The maximum absolute atomic E-state index is 12.5. The van der Waals surface area contributed by atoms with Gasteiger partial charge in [0, 0.05) is 5.25 Å². The Morgan fingerprint density at radius 2 is 2.10 bits per heavy atom. The minimum atomic E-state index is -0.0767. The summed E-state index contributed by atoms with van der Waals surface area (Å²) in [7, 11) is 0. The largest absolute Gasteiger partial charge is 0.280 e. The summed E-state index contributed by atoms with van der Waals surface area (Å²) in [5.74, 6) is 0. The van der Waals surface area contributed by atoms with E-state index in [1.807, 2.05) is 37.3 Å². The molecule has 3 rings (SSSR count). The number of nitrogens with zero attached hydrogens (tertiary/aromatic N) is 3. The van der Waals surface area contributed by atoms with Gasteiger partial charge < -0.3 is 0 Å². The Bertz CT molecular complexity index is 640. The summed E-state index contributed by atoms with van der Waals surface area (Å²) in [6.07, 6.45) is 3.41. The van der Waals surface area contributed by atoms with Crippen LogP contribution < -0.4 is 0 Å². The maximum atomic E-state index is 12.5. The van der Waals surface area contributed by atoms with Crippen molar-refractivity contribution in [1.29, 1.82) is 0 Å². The predicted octanol–water partition coefficient (Wildman–Crippen LogP) is 3.97. The number of hydrogen-bond donors (Lipinski definition) is 0. The fourth-order valence-electron chi connectivity index (χ4n) is 2.29. The van der Waals surface area contributed by atoms with Gasteiger partial charge in [-0.15, -0.1) is 5.10 Å². The molecule has 0 spiro atoms. The van der Waals surface area contributed by atoms with Crippen LogP contribution in [0.3, 0.4) is 0 Å². The van der Waals surface area contributed by atoms with Gasteiger partial charge in [-0.3, -0.25) is 4.79 Å². The third-order valence-corrected chi connectivity index (χ3v) is 5.29. The van der Waals surface area contributed by atoms with E-state index < -0.39 is 0 Å². The molecule has 6 heteroatoms. The van der Waals surface area contributed by atoms with E-state index in [0.29, 0.717) is 10.9 Å². The van der Waals surface area contributed by atoms with E-state index in [0.717, 1.165) is 18.4 Å². The summed E-state index contributed by atoms with van der Waals surface area (Å²) in [6.45, 7) is 1.99. The third-order valence-electron chi connectivity index (χ3n) is 3.82. The molecule has 0 N–H and O–H groups in total. The molecule has 110 valence electrons. The molecule has 1 atom stereocenters. The van der Waals surface area contributed by atoms with Gasteiger partial charge in [0.25, 0.3) is 0 Å². The fourth-order valence-corrected chi connectivity index (χ4v) is 3.73. The first kappa shape index (κ1) is 14.6. The molecule has 0 saturated heterocycles. The van der Waals surface area contributed by atoms with Crippen LogP contribution in [0.25, 0.3) is 0 Å². The highest BCUT2D eigenvalue weighted by atomic mass is 35.5. The number of rotatable bonds is 4. The van der Waals surface area contributed by atoms with Crippen molar-refractivity contribution in [3.8, 4) is 0 Å². The van der Waals surface area contributed by atoms with Crippen LogP contribution in [0, 0.1) is 0 Å². The maximum Gasteiger partial charge on any atom is 0.240 e. The number of hydrogen-bond acceptors (Lipinski definition) is 4. The molecule has 0 unspecified atom stereocenters. The van der Waals surface area contributed by atoms with Gasteiger partial charge in [0.1, 0.15) is 0 Å². The Balaban J connectivity index is 1.87. The normalized spacial score (nSPS) is 16.5. The van der Waals surface area contributed by atoms with Crippen LogP contribution in [-0.2, 0) is 0 Å². The minimum absolute atomic E-state index is 0.0301. The number of benzene rings is 1. The van der Waals surface area contributed by atoms with Gasteiger partial charge in [-0.05, 0) is 25.3 Å². The Kier molecular flexibility index (Phi) is 4.31. The first-order valence-corrected chi connectivity index (χ1v) is 8.29. The van der Waals surface area contributed by atoms with Crippen LogP contribution in [0.4, 0.5) is 0 Å². The standard InChI is InChI=1S/C15H16ClN3OS/c1-10(11-6-3-2-4-7-11)19-13(14(16)17-18-19)15(20)21-12-8-5-9-12/h2-4,6-7,10,12H,5,8-9H2,1H3/t10-/m1/s1. The molecule has 21 heavy (non-hydrogen) atoms. The molecule has 0 bridgehead atoms. The van der Waals surface area contributed by atoms with E-state index in [1.165, 1.54) is 18.2 Å². The van der Waals surface area contributed by atoms with Crippen LogP contribution in [0.2, 0.25) is 5.15 Å². The van der Waals surface area contributed by atoms with Crippen LogP contribution in [0.5, 0.6) is 0 Å². The first-order chi connectivity index (χ1) is 10.2. The Labute approximate surface area is 132 Å². The second kappa shape index (κ2) is 6.20. The topological polar surface area (TPSA) is 47.8 Å². The average Bonchev–Trinajstić information content (AvgIpc) is 2.84. The molecular formula is C15H16ClN3OS. The molecule has 1 saturated carbocycles. The smallest absolute Gasteiger partial charge is 0.240 e. The predicted molar refractivity (Wildman–Crippen MR) is 84.8 cm³/mol. The fraction of sp³-hybridized carbons (Fsp3) is 0.400. The molecule has 0 radical (unpaired) electrons. The molecule has 1 aliphatic rings. The Hall–Kier alpha value is -1.33. The number of thioether (sulfide) groups is 1. The van der Waals surface area contributed by atoms with Crippen LogP contribution in [0.1, 0.15) is 48.3 Å². The van der Waals surface area contributed by atoms with E-state index in [4.69, 9.17) is 11.6 Å². The highest BCUT2D eigenvalue weighted by Gasteiger charge is 2.28. The molecule has 1 fully saturated rings. The zero-order chi connectivity index (χ0) is 14.8. The molecule has 4 nitrogen and oxygen atoms in total. The molecule has 2 aromatic rings. The van der Waals surface area contributed by atoms with Crippen molar-refractivity contribution in [3.05, 3.63) is 46.7 Å². The number of carbonyl (C=O) groups is 1. The molecule has 1 heterocycles. The van der Waals surface area contributed by atoms with Gasteiger partial charge >= 0.3 is 0 Å². The first-order valence-electron chi connectivity index (χ1n) is 7.03. The second-order valence-electron chi connectivity index (χ2n) is 5.22. The van der Waals surface area contributed by atoms with Gasteiger partial charge in [-0.1, -0.05) is 65.3 Å². The van der Waals surface area contributed by atoms with Gasteiger partial charge in [0.05, 0.1) is 6.04 Å². The number of carbonyl (C=O) groups excluding carboxylic acids is 1. The van der Waals surface area contributed by atoms with Crippen LogP contribution in [-0.4, -0.2) is 25.4 Å². The molecule has 1 aromatic carbocycles. The van der Waals surface area contributed by atoms with Crippen molar-refractivity contribution >= 4 is 28.5 Å². The van der Waals surface area contributed by atoms with Crippen molar-refractivity contribution in [1.82, 2.24) is 15.0 Å². The average molecular weight is 322 g/mol. The molecule has 0 aliphatic heterocycles. The van der Waals surface area contributed by atoms with Crippen molar-refractivity contribution in [2.24, 2.45) is 0 Å². The van der Waals surface area contributed by atoms with Crippen molar-refractivity contribution < 1.29 is 4.79 Å². The summed E-state index contributed by atoms with van der Waals surface area (Å²) < 4.78 is 1.63. The lowest BCUT2D eigenvalue weighted by molar-refractivity contribution is 0.107. The van der Waals surface area contributed by atoms with Gasteiger partial charge in [0.15, 0.2) is 10.8 Å². The summed E-state index contributed by atoms with van der Waals surface area (Å²) in [5.41, 5.74) is 1.48. The summed E-state index contributed by atoms with van der Waals surface area (Å²) >= 11 is 7.45. The highest BCUT2D eigenvalue weighted by molar-refractivity contribution is 8.14. The lowest BCUT2D eigenvalue weighted by Crippen LogP contribution is -2.19. The summed E-state index contributed by atoms with van der Waals surface area (Å²) in [6, 6.07) is 9.83. The number of halogens is 1. The second-order valence-corrected chi connectivity index (χ2v) is 6.85. The van der Waals surface area contributed by atoms with Crippen LogP contribution >= 0.6 is 23.4 Å². The molecule has 1 aromatic heterocycles. The van der Waals surface area contributed by atoms with E-state index in [2.05, 4.69) is 10.3 Å². The lowest BCUT2D eigenvalue weighted by Gasteiger charge is -2.23. The van der Waals surface area contributed by atoms with E-state index in [-0.39, 0.29) is 16.3 Å². The van der Waals surface area contributed by atoms with Gasteiger partial charge in [-0.2, -0.15) is 0 Å². The Morgan fingerprint density at radius 3 is 2.71 bits per heavy atom. The van der Waals surface area contributed by atoms with Crippen molar-refractivity contribution in [3.63, 3.8) is 0 Å². The quantitative estimate of drug-likeness (QED) is 0.855. The highest BCUT2D eigenvalue weighted by Crippen LogP contribution is 2.35. The summed E-state index contributed by atoms with van der Waals surface area (Å²) in [5, 5.41) is 8.52. The van der Waals surface area contributed by atoms with Crippen LogP contribution in [0.15, 0.2) is 30.3 Å². The Morgan fingerprint density at radius 1 is 1.38 bits per heavy atom. The number of aromatic nitrogens is 3. The van der Waals surface area contributed by atoms with Crippen molar-refractivity contribution in [2.75, 3.05) is 0 Å². The zero-order valence-electron chi connectivity index (χ0n) is 11.7.